The Morgan fingerprint density at radius 1 is 0.860 bits per heavy atom. The number of benzene rings is 3. The summed E-state index contributed by atoms with van der Waals surface area (Å²) in [6.45, 7) is 19.4. The first-order valence-corrected chi connectivity index (χ1v) is 17.4. The number of hydrogen-bond acceptors (Lipinski definition) is 5. The molecule has 10 heteroatoms. The molecule has 5 aromatic rings. The molecule has 1 atom stereocenters. The number of aryl methyl sites for hydroxylation is 3. The van der Waals surface area contributed by atoms with Gasteiger partial charge in [0.25, 0.3) is 0 Å². The first-order valence-electron chi connectivity index (χ1n) is 17.4. The van der Waals surface area contributed by atoms with Crippen LogP contribution in [-0.4, -0.2) is 52.4 Å². The van der Waals surface area contributed by atoms with Crippen LogP contribution in [0.4, 0.5) is 10.5 Å². The number of amides is 3. The van der Waals surface area contributed by atoms with Crippen LogP contribution in [0.15, 0.2) is 66.9 Å². The van der Waals surface area contributed by atoms with E-state index in [1.807, 2.05) is 116 Å². The molecule has 50 heavy (non-hydrogen) atoms. The molecule has 3 aromatic carbocycles. The van der Waals surface area contributed by atoms with Crippen LogP contribution in [0.5, 0.6) is 11.5 Å². The number of anilines is 1. The van der Waals surface area contributed by atoms with Gasteiger partial charge in [-0.2, -0.15) is 0 Å². The lowest BCUT2D eigenvalue weighted by molar-refractivity contribution is -0.120. The fraction of sp³-hybridized carbons (Fsp3) is 0.375. The third-order valence-electron chi connectivity index (χ3n) is 7.56. The number of nitrogens with one attached hydrogen (secondary N) is 2. The number of carbonyl (C=O) groups excluding carboxylic acids is 3. The maximum atomic E-state index is 14.2. The van der Waals surface area contributed by atoms with E-state index >= 15 is 0 Å². The standard InChI is InChI=1S/C32H33N5O5.4C2H6/c1-18-14-20(41-4)15-27(42-5)23(18)16-37(32(40)35-25-17-36(3)26-13-9-7-10-21(25)26)29(31(33)39)30(38)28-19(2)34-24-12-8-6-11-22(24)28;4*1-2/h6-15,17,29,34H,16H2,1-5H3,(H2,33,39)(H,35,40);4*1-2H3. The number of nitrogens with zero attached hydrogens (tertiary/aromatic N) is 2. The molecule has 0 spiro atoms. The second-order valence-electron chi connectivity index (χ2n) is 10.2. The summed E-state index contributed by atoms with van der Waals surface area (Å²) in [5.74, 6) is -0.538. The molecule has 0 saturated heterocycles. The average Bonchev–Trinajstić information content (AvgIpc) is 3.66. The number of nitrogens with two attached hydrogens (primary N) is 1. The Morgan fingerprint density at radius 3 is 2.02 bits per heavy atom. The lowest BCUT2D eigenvalue weighted by Gasteiger charge is -2.30. The Balaban J connectivity index is 0.00000146. The maximum Gasteiger partial charge on any atom is 0.323 e. The predicted octanol–water partition coefficient (Wildman–Crippen LogP) is 9.17. The van der Waals surface area contributed by atoms with E-state index in [0.29, 0.717) is 39.4 Å². The SMILES string of the molecule is CC.CC.CC.CC.COc1cc(C)c(CN(C(=O)Nc2cn(C)c3ccccc23)C(C(N)=O)C(=O)c2c(C)[nH]c3ccccc23)c(OC)c1. The number of ketones is 1. The summed E-state index contributed by atoms with van der Waals surface area (Å²) in [4.78, 5) is 45.9. The minimum absolute atomic E-state index is 0.143. The highest BCUT2D eigenvalue weighted by Gasteiger charge is 2.38. The van der Waals surface area contributed by atoms with Gasteiger partial charge in [0, 0.05) is 57.9 Å². The van der Waals surface area contributed by atoms with Gasteiger partial charge >= 0.3 is 6.03 Å². The van der Waals surface area contributed by atoms with Crippen LogP contribution in [0.1, 0.15) is 82.6 Å². The molecule has 0 aliphatic carbocycles. The highest BCUT2D eigenvalue weighted by molar-refractivity contribution is 6.20. The third-order valence-corrected chi connectivity index (χ3v) is 7.56. The molecule has 2 heterocycles. The number of rotatable bonds is 9. The second kappa shape index (κ2) is 21.0. The van der Waals surface area contributed by atoms with Gasteiger partial charge in [-0.15, -0.1) is 0 Å². The average molecular weight is 688 g/mol. The topological polar surface area (TPSA) is 132 Å². The van der Waals surface area contributed by atoms with Crippen molar-refractivity contribution in [2.45, 2.75) is 81.8 Å². The van der Waals surface area contributed by atoms with Crippen molar-refractivity contribution in [3.05, 3.63) is 89.2 Å². The van der Waals surface area contributed by atoms with Crippen molar-refractivity contribution in [1.29, 1.82) is 0 Å². The van der Waals surface area contributed by atoms with E-state index in [1.54, 1.807) is 38.4 Å². The monoisotopic (exact) mass is 687 g/mol. The zero-order valence-electron chi connectivity index (χ0n) is 32.1. The minimum atomic E-state index is -1.62. The largest absolute Gasteiger partial charge is 0.497 e. The fourth-order valence-electron chi connectivity index (χ4n) is 5.49. The summed E-state index contributed by atoms with van der Waals surface area (Å²) >= 11 is 0. The molecule has 0 aliphatic heterocycles. The predicted molar refractivity (Wildman–Crippen MR) is 208 cm³/mol. The number of Topliss-reactive ketones (excluding diaryl/α,β-unsaturated/α-hetero) is 1. The molecule has 2 aromatic heterocycles. The Kier molecular flexibility index (Phi) is 17.9. The number of para-hydroxylation sites is 2. The Bertz CT molecular complexity index is 1840. The molecule has 0 fully saturated rings. The van der Waals surface area contributed by atoms with Crippen molar-refractivity contribution in [1.82, 2.24) is 14.5 Å². The molecule has 1 unspecified atom stereocenters. The van der Waals surface area contributed by atoms with Gasteiger partial charge in [0.1, 0.15) is 11.5 Å². The molecule has 3 amide bonds. The first-order chi connectivity index (χ1) is 24.1. The normalized spacial score (nSPS) is 10.4. The zero-order chi connectivity index (χ0) is 38.1. The van der Waals surface area contributed by atoms with Crippen LogP contribution in [0, 0.1) is 13.8 Å². The number of ether oxygens (including phenoxy) is 2. The van der Waals surface area contributed by atoms with Crippen molar-refractivity contribution in [2.75, 3.05) is 19.5 Å². The minimum Gasteiger partial charge on any atom is -0.497 e. The lowest BCUT2D eigenvalue weighted by atomic mass is 9.98. The van der Waals surface area contributed by atoms with Crippen LogP contribution in [0.3, 0.4) is 0 Å². The van der Waals surface area contributed by atoms with Gasteiger partial charge in [0.2, 0.25) is 5.91 Å². The van der Waals surface area contributed by atoms with E-state index in [2.05, 4.69) is 10.3 Å². The van der Waals surface area contributed by atoms with E-state index in [1.165, 1.54) is 12.0 Å². The van der Waals surface area contributed by atoms with Gasteiger partial charge in [-0.1, -0.05) is 91.8 Å². The molecular formula is C40H57N5O5. The van der Waals surface area contributed by atoms with Gasteiger partial charge in [-0.25, -0.2) is 4.79 Å². The van der Waals surface area contributed by atoms with Crippen LogP contribution < -0.4 is 20.5 Å². The first kappa shape index (κ1) is 42.8. The highest BCUT2D eigenvalue weighted by Crippen LogP contribution is 2.32. The summed E-state index contributed by atoms with van der Waals surface area (Å²) in [5.41, 5.74) is 10.3. The van der Waals surface area contributed by atoms with E-state index in [-0.39, 0.29) is 6.54 Å². The van der Waals surface area contributed by atoms with Crippen molar-refractivity contribution in [3.63, 3.8) is 0 Å². The number of aromatic nitrogens is 2. The number of H-pyrrole nitrogens is 1. The second-order valence-corrected chi connectivity index (χ2v) is 10.2. The molecule has 5 rings (SSSR count). The molecule has 272 valence electrons. The fourth-order valence-corrected chi connectivity index (χ4v) is 5.49. The number of carbonyl (C=O) groups is 3. The molecule has 4 N–H and O–H groups in total. The van der Waals surface area contributed by atoms with E-state index in [9.17, 15) is 14.4 Å². The van der Waals surface area contributed by atoms with Crippen LogP contribution in [-0.2, 0) is 18.4 Å². The summed E-state index contributed by atoms with van der Waals surface area (Å²) in [6, 6.07) is 16.1. The van der Waals surface area contributed by atoms with Crippen LogP contribution in [0.25, 0.3) is 21.8 Å². The van der Waals surface area contributed by atoms with E-state index in [0.717, 1.165) is 22.0 Å². The summed E-state index contributed by atoms with van der Waals surface area (Å²) < 4.78 is 12.9. The molecule has 0 bridgehead atoms. The number of urea groups is 1. The van der Waals surface area contributed by atoms with Crippen molar-refractivity contribution < 1.29 is 23.9 Å². The number of fused-ring (bicyclic) bond motifs is 2. The van der Waals surface area contributed by atoms with Gasteiger partial charge in [0.15, 0.2) is 11.8 Å². The number of primary amides is 1. The van der Waals surface area contributed by atoms with Crippen molar-refractivity contribution in [2.24, 2.45) is 12.8 Å². The molecule has 0 saturated carbocycles. The quantitative estimate of drug-likeness (QED) is 0.105. The maximum absolute atomic E-state index is 14.2. The van der Waals surface area contributed by atoms with E-state index in [4.69, 9.17) is 15.2 Å². The van der Waals surface area contributed by atoms with Crippen LogP contribution in [0.2, 0.25) is 0 Å². The molecular weight excluding hydrogens is 630 g/mol. The molecule has 0 aliphatic rings. The van der Waals surface area contributed by atoms with Gasteiger partial charge in [-0.05, 0) is 37.6 Å². The summed E-state index contributed by atoms with van der Waals surface area (Å²) in [7, 11) is 4.92. The summed E-state index contributed by atoms with van der Waals surface area (Å²) in [6.07, 6.45) is 1.78. The Morgan fingerprint density at radius 2 is 1.44 bits per heavy atom. The smallest absolute Gasteiger partial charge is 0.323 e. The van der Waals surface area contributed by atoms with Gasteiger partial charge in [-0.3, -0.25) is 9.59 Å². The Hall–Kier alpha value is -5.25. The van der Waals surface area contributed by atoms with Crippen molar-refractivity contribution >= 4 is 45.2 Å². The molecule has 0 radical (unpaired) electrons. The lowest BCUT2D eigenvalue weighted by Crippen LogP contribution is -2.53. The van der Waals surface area contributed by atoms with Crippen molar-refractivity contribution in [3.8, 4) is 11.5 Å². The van der Waals surface area contributed by atoms with Gasteiger partial charge in [0.05, 0.1) is 26.5 Å². The number of methoxy groups -OCH3 is 2. The van der Waals surface area contributed by atoms with Crippen LogP contribution >= 0.6 is 0 Å². The Labute approximate surface area is 297 Å². The zero-order valence-corrected chi connectivity index (χ0v) is 32.1. The number of aromatic amines is 1. The number of hydrogen-bond donors (Lipinski definition) is 3. The molecule has 10 nitrogen and oxygen atoms in total. The summed E-state index contributed by atoms with van der Waals surface area (Å²) in [5, 5.41) is 4.37. The highest BCUT2D eigenvalue weighted by atomic mass is 16.5. The van der Waals surface area contributed by atoms with E-state index < -0.39 is 23.8 Å². The van der Waals surface area contributed by atoms with Gasteiger partial charge < -0.3 is 35.0 Å². The third kappa shape index (κ3) is 9.46.